The van der Waals surface area contributed by atoms with Gasteiger partial charge in [0.2, 0.25) is 0 Å². The number of benzene rings is 1. The fourth-order valence-electron chi connectivity index (χ4n) is 2.11. The average molecular weight is 342 g/mol. The highest BCUT2D eigenvalue weighted by Gasteiger charge is 2.47. The molecule has 0 spiro atoms. The number of carbonyl (C=O) groups excluding carboxylic acids is 1. The molecule has 1 aromatic carbocycles. The van der Waals surface area contributed by atoms with Gasteiger partial charge in [-0.05, 0) is 37.6 Å². The van der Waals surface area contributed by atoms with E-state index < -0.39 is 17.4 Å². The van der Waals surface area contributed by atoms with E-state index >= 15 is 0 Å². The standard InChI is InChI=1S/C14H16BrNO4/c1-8-5-9(3-4-10(8)15)12(17)16-11-6-20-7-14(11,2)13(18)19/h3-5,11H,6-7H2,1-2H3,(H,16,17)(H,18,19). The first-order valence-electron chi connectivity index (χ1n) is 6.23. The first-order chi connectivity index (χ1) is 9.34. The van der Waals surface area contributed by atoms with Crippen LogP contribution in [0.4, 0.5) is 0 Å². The van der Waals surface area contributed by atoms with Crippen molar-refractivity contribution in [3.8, 4) is 0 Å². The van der Waals surface area contributed by atoms with Gasteiger partial charge in [0.1, 0.15) is 5.41 Å². The fraction of sp³-hybridized carbons (Fsp3) is 0.429. The van der Waals surface area contributed by atoms with Crippen molar-refractivity contribution in [1.82, 2.24) is 5.32 Å². The molecule has 1 heterocycles. The number of rotatable bonds is 3. The van der Waals surface area contributed by atoms with Gasteiger partial charge in [-0.25, -0.2) is 0 Å². The van der Waals surface area contributed by atoms with Crippen molar-refractivity contribution in [3.63, 3.8) is 0 Å². The van der Waals surface area contributed by atoms with Crippen molar-refractivity contribution in [3.05, 3.63) is 33.8 Å². The zero-order valence-corrected chi connectivity index (χ0v) is 12.9. The Bertz CT molecular complexity index is 560. The third-order valence-electron chi connectivity index (χ3n) is 3.67. The van der Waals surface area contributed by atoms with Gasteiger partial charge < -0.3 is 15.2 Å². The van der Waals surface area contributed by atoms with E-state index in [4.69, 9.17) is 4.74 Å². The Labute approximate surface area is 125 Å². The smallest absolute Gasteiger partial charge is 0.313 e. The van der Waals surface area contributed by atoms with Gasteiger partial charge in [-0.3, -0.25) is 9.59 Å². The number of ether oxygens (including phenoxy) is 1. The summed E-state index contributed by atoms with van der Waals surface area (Å²) in [6.45, 7) is 3.79. The maximum absolute atomic E-state index is 12.2. The van der Waals surface area contributed by atoms with Gasteiger partial charge >= 0.3 is 5.97 Å². The number of nitrogens with one attached hydrogen (secondary N) is 1. The topological polar surface area (TPSA) is 75.6 Å². The van der Waals surface area contributed by atoms with Crippen LogP contribution in [0.2, 0.25) is 0 Å². The van der Waals surface area contributed by atoms with Crippen molar-refractivity contribution in [2.75, 3.05) is 13.2 Å². The van der Waals surface area contributed by atoms with E-state index in [9.17, 15) is 14.7 Å². The minimum atomic E-state index is -1.08. The van der Waals surface area contributed by atoms with E-state index in [1.807, 2.05) is 6.92 Å². The number of hydrogen-bond acceptors (Lipinski definition) is 3. The molecule has 0 radical (unpaired) electrons. The van der Waals surface area contributed by atoms with Crippen LogP contribution in [-0.2, 0) is 9.53 Å². The lowest BCUT2D eigenvalue weighted by Gasteiger charge is -2.25. The largest absolute Gasteiger partial charge is 0.481 e. The van der Waals surface area contributed by atoms with E-state index in [-0.39, 0.29) is 19.1 Å². The Balaban J connectivity index is 2.15. The molecule has 0 aromatic heterocycles. The van der Waals surface area contributed by atoms with E-state index in [1.54, 1.807) is 25.1 Å². The Morgan fingerprint density at radius 3 is 2.80 bits per heavy atom. The van der Waals surface area contributed by atoms with Crippen LogP contribution in [0.5, 0.6) is 0 Å². The fourth-order valence-corrected chi connectivity index (χ4v) is 2.36. The number of carboxylic acids is 1. The van der Waals surface area contributed by atoms with Gasteiger partial charge in [-0.15, -0.1) is 0 Å². The predicted octanol–water partition coefficient (Wildman–Crippen LogP) is 1.98. The number of carbonyl (C=O) groups is 2. The van der Waals surface area contributed by atoms with Crippen LogP contribution >= 0.6 is 15.9 Å². The number of halogens is 1. The monoisotopic (exact) mass is 341 g/mol. The number of hydrogen-bond donors (Lipinski definition) is 2. The lowest BCUT2D eigenvalue weighted by molar-refractivity contribution is -0.148. The van der Waals surface area contributed by atoms with Crippen LogP contribution in [0.25, 0.3) is 0 Å². The number of aliphatic carboxylic acids is 1. The van der Waals surface area contributed by atoms with Crippen molar-refractivity contribution >= 4 is 27.8 Å². The summed E-state index contributed by atoms with van der Waals surface area (Å²) in [5.74, 6) is -1.25. The molecule has 108 valence electrons. The molecule has 0 aliphatic carbocycles. The summed E-state index contributed by atoms with van der Waals surface area (Å²) in [4.78, 5) is 23.5. The van der Waals surface area contributed by atoms with Gasteiger partial charge in [0.05, 0.1) is 19.3 Å². The van der Waals surface area contributed by atoms with Crippen LogP contribution < -0.4 is 5.32 Å². The Morgan fingerprint density at radius 2 is 2.20 bits per heavy atom. The lowest BCUT2D eigenvalue weighted by Crippen LogP contribution is -2.49. The molecule has 1 aromatic rings. The second-order valence-corrected chi connectivity index (χ2v) is 6.08. The second-order valence-electron chi connectivity index (χ2n) is 5.23. The molecular weight excluding hydrogens is 326 g/mol. The van der Waals surface area contributed by atoms with E-state index in [0.717, 1.165) is 10.0 Å². The number of carboxylic acid groups (broad SMARTS) is 1. The molecule has 1 aliphatic rings. The average Bonchev–Trinajstić information content (AvgIpc) is 2.75. The molecule has 1 saturated heterocycles. The molecule has 5 nitrogen and oxygen atoms in total. The molecule has 1 aliphatic heterocycles. The molecular formula is C14H16BrNO4. The van der Waals surface area contributed by atoms with Crippen LogP contribution in [0.1, 0.15) is 22.8 Å². The molecule has 2 unspecified atom stereocenters. The summed E-state index contributed by atoms with van der Waals surface area (Å²) in [6.07, 6.45) is 0. The minimum absolute atomic E-state index is 0.104. The third kappa shape index (κ3) is 2.71. The Morgan fingerprint density at radius 1 is 1.50 bits per heavy atom. The zero-order chi connectivity index (χ0) is 14.9. The highest BCUT2D eigenvalue weighted by atomic mass is 79.9. The molecule has 2 N–H and O–H groups in total. The van der Waals surface area contributed by atoms with Gasteiger partial charge in [0.15, 0.2) is 0 Å². The van der Waals surface area contributed by atoms with Gasteiger partial charge in [0, 0.05) is 10.0 Å². The number of aryl methyl sites for hydroxylation is 1. The predicted molar refractivity (Wildman–Crippen MR) is 76.7 cm³/mol. The van der Waals surface area contributed by atoms with Crippen LogP contribution in [0, 0.1) is 12.3 Å². The van der Waals surface area contributed by atoms with Crippen molar-refractivity contribution in [2.24, 2.45) is 5.41 Å². The maximum atomic E-state index is 12.2. The third-order valence-corrected chi connectivity index (χ3v) is 4.56. The highest BCUT2D eigenvalue weighted by Crippen LogP contribution is 2.29. The van der Waals surface area contributed by atoms with E-state index in [1.165, 1.54) is 0 Å². The van der Waals surface area contributed by atoms with Gasteiger partial charge in [-0.1, -0.05) is 15.9 Å². The SMILES string of the molecule is Cc1cc(C(=O)NC2COCC2(C)C(=O)O)ccc1Br. The lowest BCUT2D eigenvalue weighted by atomic mass is 9.85. The summed E-state index contributed by atoms with van der Waals surface area (Å²) in [5, 5.41) is 12.0. The van der Waals surface area contributed by atoms with Crippen molar-refractivity contribution in [1.29, 1.82) is 0 Å². The van der Waals surface area contributed by atoms with Crippen LogP contribution in [-0.4, -0.2) is 36.2 Å². The molecule has 2 atom stereocenters. The van der Waals surface area contributed by atoms with Crippen LogP contribution in [0.15, 0.2) is 22.7 Å². The highest BCUT2D eigenvalue weighted by molar-refractivity contribution is 9.10. The summed E-state index contributed by atoms with van der Waals surface area (Å²) in [7, 11) is 0. The molecule has 2 rings (SSSR count). The van der Waals surface area contributed by atoms with Crippen molar-refractivity contribution < 1.29 is 19.4 Å². The summed E-state index contributed by atoms with van der Waals surface area (Å²) < 4.78 is 6.14. The minimum Gasteiger partial charge on any atom is -0.481 e. The van der Waals surface area contributed by atoms with Crippen molar-refractivity contribution in [2.45, 2.75) is 19.9 Å². The zero-order valence-electron chi connectivity index (χ0n) is 11.3. The summed E-state index contributed by atoms with van der Waals surface area (Å²) in [5.41, 5.74) is 0.367. The molecule has 0 saturated carbocycles. The summed E-state index contributed by atoms with van der Waals surface area (Å²) in [6, 6.07) is 4.72. The second kappa shape index (κ2) is 5.54. The van der Waals surface area contributed by atoms with Gasteiger partial charge in [0.25, 0.3) is 5.91 Å². The quantitative estimate of drug-likeness (QED) is 0.881. The molecule has 1 amide bonds. The molecule has 20 heavy (non-hydrogen) atoms. The first-order valence-corrected chi connectivity index (χ1v) is 7.02. The maximum Gasteiger partial charge on any atom is 0.313 e. The van der Waals surface area contributed by atoms with Gasteiger partial charge in [-0.2, -0.15) is 0 Å². The van der Waals surface area contributed by atoms with E-state index in [0.29, 0.717) is 5.56 Å². The first kappa shape index (κ1) is 15.0. The normalized spacial score (nSPS) is 25.4. The van der Waals surface area contributed by atoms with E-state index in [2.05, 4.69) is 21.2 Å². The molecule has 0 bridgehead atoms. The van der Waals surface area contributed by atoms with Crippen LogP contribution in [0.3, 0.4) is 0 Å². The Kier molecular flexibility index (Phi) is 4.15. The summed E-state index contributed by atoms with van der Waals surface area (Å²) >= 11 is 3.37. The molecule has 6 heteroatoms. The number of amides is 1. The Hall–Kier alpha value is -1.40. The molecule has 1 fully saturated rings.